The van der Waals surface area contributed by atoms with Crippen LogP contribution in [0.25, 0.3) is 0 Å². The molecule has 0 amide bonds. The molecule has 7 N–H and O–H groups in total. The predicted octanol–water partition coefficient (Wildman–Crippen LogP) is 2.32. The summed E-state index contributed by atoms with van der Waals surface area (Å²) in [6.07, 6.45) is 0. The van der Waals surface area contributed by atoms with Gasteiger partial charge in [-0.2, -0.15) is 5.41 Å². The van der Waals surface area contributed by atoms with E-state index in [9.17, 15) is 0 Å². The van der Waals surface area contributed by atoms with Crippen molar-refractivity contribution in [2.75, 3.05) is 0 Å². The first-order valence-corrected chi connectivity index (χ1v) is 6.05. The Labute approximate surface area is 148 Å². The van der Waals surface area contributed by atoms with Gasteiger partial charge in [0, 0.05) is 16.8 Å². The number of hydrogen-bond acceptors (Lipinski definition) is 8. The standard InChI is InChI=1S/C5H11.2C4H8N2O2.Co.H2O/c1-5(2,3)4;2*1-3(5-7)4(2)6-8;;/h1H2,2-4H3;2*7-8H,1-2H3;;1H2/q-1;;;;/p+1. The average Bonchev–Trinajstić information content (AvgIpc) is 2.42. The largest absolute Gasteiger partial charge is 0.457 e. The summed E-state index contributed by atoms with van der Waals surface area (Å²) in [6, 6.07) is 0. The maximum atomic E-state index is 8.03. The zero-order valence-corrected chi connectivity index (χ0v) is 15.7. The zero-order chi connectivity index (χ0) is 17.6. The van der Waals surface area contributed by atoms with Gasteiger partial charge in [0.1, 0.15) is 22.8 Å². The second-order valence-electron chi connectivity index (χ2n) is 5.30. The Morgan fingerprint density at radius 2 is 0.739 bits per heavy atom. The SMILES string of the molecule is CC(=NO)C(C)=NO.CC(=NO)C(C)=NO.[CH2-]C(C)(C)C.[Co].[OH3+]. The topological polar surface area (TPSA) is 163 Å². The second kappa shape index (κ2) is 18.4. The maximum Gasteiger partial charge on any atom is 0.101 e. The molecule has 0 aromatic rings. The molecule has 0 atom stereocenters. The molecule has 0 aliphatic carbocycles. The van der Waals surface area contributed by atoms with Crippen molar-refractivity contribution in [3.05, 3.63) is 6.92 Å². The number of oxime groups is 4. The van der Waals surface area contributed by atoms with Crippen LogP contribution in [0.5, 0.6) is 0 Å². The molecule has 0 saturated heterocycles. The second-order valence-corrected chi connectivity index (χ2v) is 5.30. The molecule has 0 spiro atoms. The molecule has 0 saturated carbocycles. The zero-order valence-electron chi connectivity index (χ0n) is 14.7. The van der Waals surface area contributed by atoms with E-state index < -0.39 is 0 Å². The van der Waals surface area contributed by atoms with Gasteiger partial charge in [0.05, 0.1) is 0 Å². The molecule has 0 rings (SSSR count). The van der Waals surface area contributed by atoms with Gasteiger partial charge in [-0.25, -0.2) is 0 Å². The fourth-order valence-electron chi connectivity index (χ4n) is 0.289. The van der Waals surface area contributed by atoms with E-state index >= 15 is 0 Å². The molecule has 0 aliphatic heterocycles. The average molecular weight is 381 g/mol. The Kier molecular flexibility index (Phi) is 26.5. The van der Waals surface area contributed by atoms with E-state index in [-0.39, 0.29) is 27.7 Å². The third-order valence-electron chi connectivity index (χ3n) is 1.65. The third kappa shape index (κ3) is 33.3. The molecular formula is C13H30CoN4O5. The maximum absolute atomic E-state index is 8.03. The monoisotopic (exact) mass is 381 g/mol. The van der Waals surface area contributed by atoms with Gasteiger partial charge < -0.3 is 33.2 Å². The molecule has 0 aromatic heterocycles. The summed E-state index contributed by atoms with van der Waals surface area (Å²) in [5, 5.41) is 43.3. The molecular weight excluding hydrogens is 351 g/mol. The molecule has 0 bridgehead atoms. The number of nitrogens with zero attached hydrogens (tertiary/aromatic N) is 4. The van der Waals surface area contributed by atoms with Crippen LogP contribution in [0.1, 0.15) is 48.5 Å². The number of hydrogen-bond donors (Lipinski definition) is 4. The van der Waals surface area contributed by atoms with Crippen molar-refractivity contribution in [3.63, 3.8) is 0 Å². The Morgan fingerprint density at radius 3 is 0.783 bits per heavy atom. The number of rotatable bonds is 2. The minimum atomic E-state index is 0. The first-order valence-electron chi connectivity index (χ1n) is 6.05. The molecule has 0 aromatic carbocycles. The van der Waals surface area contributed by atoms with Gasteiger partial charge in [0.2, 0.25) is 0 Å². The minimum Gasteiger partial charge on any atom is -0.457 e. The minimum absolute atomic E-state index is 0. The van der Waals surface area contributed by atoms with Gasteiger partial charge in [-0.1, -0.05) is 41.4 Å². The van der Waals surface area contributed by atoms with Crippen LogP contribution in [0, 0.1) is 12.3 Å². The molecule has 0 unspecified atom stereocenters. The van der Waals surface area contributed by atoms with Crippen molar-refractivity contribution < 1.29 is 43.1 Å². The van der Waals surface area contributed by atoms with Crippen molar-refractivity contribution >= 4 is 22.8 Å². The van der Waals surface area contributed by atoms with Crippen LogP contribution in [0.2, 0.25) is 0 Å². The Bertz CT molecular complexity index is 332. The molecule has 0 fully saturated rings. The summed E-state index contributed by atoms with van der Waals surface area (Å²) in [4.78, 5) is 0. The Hall–Kier alpha value is -1.65. The summed E-state index contributed by atoms with van der Waals surface area (Å²) in [7, 11) is 0. The fourth-order valence-corrected chi connectivity index (χ4v) is 0.289. The summed E-state index contributed by atoms with van der Waals surface area (Å²) in [5.74, 6) is 0. The summed E-state index contributed by atoms with van der Waals surface area (Å²) in [6.45, 7) is 16.1. The molecule has 10 heteroatoms. The van der Waals surface area contributed by atoms with E-state index in [1.807, 2.05) is 0 Å². The van der Waals surface area contributed by atoms with Crippen molar-refractivity contribution in [2.24, 2.45) is 26.0 Å². The van der Waals surface area contributed by atoms with Crippen LogP contribution in [0.4, 0.5) is 0 Å². The van der Waals surface area contributed by atoms with Gasteiger partial charge >= 0.3 is 0 Å². The summed E-state index contributed by atoms with van der Waals surface area (Å²) < 4.78 is 0. The molecule has 1 radical (unpaired) electrons. The first kappa shape index (κ1) is 33.1. The van der Waals surface area contributed by atoms with Crippen molar-refractivity contribution in [2.45, 2.75) is 48.5 Å². The molecule has 9 nitrogen and oxygen atoms in total. The van der Waals surface area contributed by atoms with E-state index in [2.05, 4.69) is 48.3 Å². The van der Waals surface area contributed by atoms with Crippen LogP contribution in [-0.4, -0.2) is 43.7 Å². The van der Waals surface area contributed by atoms with Gasteiger partial charge in [-0.05, 0) is 27.7 Å². The van der Waals surface area contributed by atoms with Crippen molar-refractivity contribution in [3.8, 4) is 0 Å². The van der Waals surface area contributed by atoms with E-state index in [1.165, 1.54) is 27.7 Å². The van der Waals surface area contributed by atoms with Crippen LogP contribution in [0.15, 0.2) is 20.6 Å². The normalized spacial score (nSPS) is 12.5. The molecule has 23 heavy (non-hydrogen) atoms. The van der Waals surface area contributed by atoms with Crippen LogP contribution >= 0.6 is 0 Å². The van der Waals surface area contributed by atoms with E-state index in [0.29, 0.717) is 22.8 Å². The Morgan fingerprint density at radius 1 is 0.652 bits per heavy atom. The van der Waals surface area contributed by atoms with Gasteiger partial charge in [-0.15, -0.1) is 0 Å². The van der Waals surface area contributed by atoms with Gasteiger partial charge in [0.15, 0.2) is 0 Å². The smallest absolute Gasteiger partial charge is 0.101 e. The van der Waals surface area contributed by atoms with Crippen molar-refractivity contribution in [1.82, 2.24) is 0 Å². The predicted molar refractivity (Wildman–Crippen MR) is 89.3 cm³/mol. The molecule has 0 aliphatic rings. The quantitative estimate of drug-likeness (QED) is 0.190. The first-order chi connectivity index (χ1) is 9.44. The van der Waals surface area contributed by atoms with E-state index in [0.717, 1.165) is 0 Å². The third-order valence-corrected chi connectivity index (χ3v) is 1.65. The van der Waals surface area contributed by atoms with Crippen LogP contribution in [-0.2, 0) is 22.3 Å². The molecule has 0 heterocycles. The fraction of sp³-hybridized carbons (Fsp3) is 0.615. The molecule has 141 valence electrons. The van der Waals surface area contributed by atoms with Crippen LogP contribution in [0.3, 0.4) is 0 Å². The summed E-state index contributed by atoms with van der Waals surface area (Å²) in [5.41, 5.74) is 1.50. The van der Waals surface area contributed by atoms with Gasteiger partial charge in [-0.3, -0.25) is 0 Å². The summed E-state index contributed by atoms with van der Waals surface area (Å²) >= 11 is 0. The van der Waals surface area contributed by atoms with Crippen LogP contribution < -0.4 is 0 Å². The van der Waals surface area contributed by atoms with E-state index in [1.54, 1.807) is 0 Å². The van der Waals surface area contributed by atoms with Gasteiger partial charge in [0.25, 0.3) is 0 Å². The Balaban J connectivity index is -0.0000000693. The van der Waals surface area contributed by atoms with E-state index in [4.69, 9.17) is 20.8 Å². The van der Waals surface area contributed by atoms with Crippen molar-refractivity contribution in [1.29, 1.82) is 0 Å².